The van der Waals surface area contributed by atoms with E-state index >= 15 is 0 Å². The minimum absolute atomic E-state index is 0.215. The number of nitrogens with two attached hydrogens (primary N) is 1. The van der Waals surface area contributed by atoms with Gasteiger partial charge in [-0.1, -0.05) is 19.3 Å². The highest BCUT2D eigenvalue weighted by atomic mass is 32.1. The number of nitrogens with zero attached hydrogens (tertiary/aromatic N) is 1. The molecule has 1 heterocycles. The lowest BCUT2D eigenvalue weighted by atomic mass is 9.85. The first-order valence-electron chi connectivity index (χ1n) is 7.11. The largest absolute Gasteiger partial charge is 0.371 e. The molecule has 2 rings (SSSR count). The first-order valence-corrected chi connectivity index (χ1v) is 7.99. The number of rotatable bonds is 6. The van der Waals surface area contributed by atoms with E-state index in [0.29, 0.717) is 12.5 Å². The van der Waals surface area contributed by atoms with Gasteiger partial charge in [-0.3, -0.25) is 0 Å². The Balaban J connectivity index is 2.06. The third-order valence-corrected chi connectivity index (χ3v) is 4.59. The molecule has 0 amide bonds. The molecule has 1 unspecified atom stereocenters. The molecule has 0 aliphatic heterocycles. The van der Waals surface area contributed by atoms with Crippen LogP contribution in [0.5, 0.6) is 0 Å². The van der Waals surface area contributed by atoms with E-state index < -0.39 is 0 Å². The van der Waals surface area contributed by atoms with Gasteiger partial charge in [-0.15, -0.1) is 11.3 Å². The summed E-state index contributed by atoms with van der Waals surface area (Å²) in [6, 6.07) is 0. The number of ether oxygens (including phenoxy) is 1. The highest BCUT2D eigenvalue weighted by Gasteiger charge is 2.27. The summed E-state index contributed by atoms with van der Waals surface area (Å²) in [5, 5.41) is 3.30. The van der Waals surface area contributed by atoms with Gasteiger partial charge in [0, 0.05) is 18.4 Å². The van der Waals surface area contributed by atoms with Crippen molar-refractivity contribution in [3.63, 3.8) is 0 Å². The Morgan fingerprint density at radius 2 is 2.22 bits per heavy atom. The highest BCUT2D eigenvalue weighted by Crippen LogP contribution is 2.37. The molecule has 1 atom stereocenters. The van der Waals surface area contributed by atoms with Crippen molar-refractivity contribution in [3.05, 3.63) is 16.1 Å². The van der Waals surface area contributed by atoms with Crippen molar-refractivity contribution in [3.8, 4) is 0 Å². The molecule has 0 spiro atoms. The van der Waals surface area contributed by atoms with Crippen molar-refractivity contribution in [2.75, 3.05) is 13.2 Å². The zero-order valence-electron chi connectivity index (χ0n) is 11.2. The van der Waals surface area contributed by atoms with Crippen molar-refractivity contribution < 1.29 is 4.74 Å². The van der Waals surface area contributed by atoms with Gasteiger partial charge in [-0.25, -0.2) is 4.98 Å². The van der Waals surface area contributed by atoms with E-state index in [1.165, 1.54) is 32.1 Å². The van der Waals surface area contributed by atoms with Gasteiger partial charge in [0.15, 0.2) is 0 Å². The molecule has 18 heavy (non-hydrogen) atoms. The van der Waals surface area contributed by atoms with Gasteiger partial charge in [0.2, 0.25) is 0 Å². The Bertz CT molecular complexity index is 347. The second-order valence-corrected chi connectivity index (χ2v) is 5.88. The molecule has 0 bridgehead atoms. The summed E-state index contributed by atoms with van der Waals surface area (Å²) >= 11 is 1.74. The summed E-state index contributed by atoms with van der Waals surface area (Å²) < 4.78 is 5.98. The van der Waals surface area contributed by atoms with Crippen molar-refractivity contribution in [1.82, 2.24) is 4.98 Å². The molecule has 1 saturated carbocycles. The monoisotopic (exact) mass is 268 g/mol. The van der Waals surface area contributed by atoms with Crippen LogP contribution in [-0.4, -0.2) is 18.1 Å². The molecule has 0 saturated heterocycles. The SMILES string of the molecule is CCOC(c1nc(CCN)cs1)C1CCCCC1. The predicted molar refractivity (Wildman–Crippen MR) is 75.8 cm³/mol. The average molecular weight is 268 g/mol. The smallest absolute Gasteiger partial charge is 0.122 e. The summed E-state index contributed by atoms with van der Waals surface area (Å²) in [5.41, 5.74) is 6.70. The second kappa shape index (κ2) is 7.22. The van der Waals surface area contributed by atoms with Crippen molar-refractivity contribution in [1.29, 1.82) is 0 Å². The fourth-order valence-electron chi connectivity index (χ4n) is 2.74. The number of aromatic nitrogens is 1. The standard InChI is InChI=1S/C14H24N2OS/c1-2-17-13(11-6-4-3-5-7-11)14-16-12(8-9-15)10-18-14/h10-11,13H,2-9,15H2,1H3. The van der Waals surface area contributed by atoms with E-state index in [4.69, 9.17) is 15.5 Å². The van der Waals surface area contributed by atoms with Crippen LogP contribution in [0.25, 0.3) is 0 Å². The first kappa shape index (κ1) is 14.0. The van der Waals surface area contributed by atoms with Crippen molar-refractivity contribution >= 4 is 11.3 Å². The summed E-state index contributed by atoms with van der Waals surface area (Å²) in [6.07, 6.45) is 7.73. The molecule has 2 N–H and O–H groups in total. The fourth-order valence-corrected chi connectivity index (χ4v) is 3.73. The Kier molecular flexibility index (Phi) is 5.60. The Morgan fingerprint density at radius 1 is 1.44 bits per heavy atom. The van der Waals surface area contributed by atoms with Crippen LogP contribution in [0.2, 0.25) is 0 Å². The van der Waals surface area contributed by atoms with Crippen LogP contribution in [-0.2, 0) is 11.2 Å². The maximum Gasteiger partial charge on any atom is 0.122 e. The topological polar surface area (TPSA) is 48.1 Å². The minimum atomic E-state index is 0.215. The van der Waals surface area contributed by atoms with Crippen LogP contribution in [0.1, 0.15) is 55.8 Å². The Labute approximate surface area is 114 Å². The summed E-state index contributed by atoms with van der Waals surface area (Å²) in [5.74, 6) is 0.663. The number of hydrogen-bond acceptors (Lipinski definition) is 4. The minimum Gasteiger partial charge on any atom is -0.371 e. The number of thiazole rings is 1. The van der Waals surface area contributed by atoms with E-state index in [-0.39, 0.29) is 6.10 Å². The fraction of sp³-hybridized carbons (Fsp3) is 0.786. The van der Waals surface area contributed by atoms with Gasteiger partial charge in [0.05, 0.1) is 5.69 Å². The maximum absolute atomic E-state index is 5.98. The van der Waals surface area contributed by atoms with E-state index in [1.54, 1.807) is 11.3 Å². The van der Waals surface area contributed by atoms with Crippen LogP contribution in [0.15, 0.2) is 5.38 Å². The lowest BCUT2D eigenvalue weighted by Crippen LogP contribution is -2.19. The third kappa shape index (κ3) is 3.53. The molecular formula is C14H24N2OS. The van der Waals surface area contributed by atoms with Crippen LogP contribution < -0.4 is 5.73 Å². The van der Waals surface area contributed by atoms with Crippen molar-refractivity contribution in [2.24, 2.45) is 11.7 Å². The van der Waals surface area contributed by atoms with Crippen LogP contribution in [0, 0.1) is 5.92 Å². The van der Waals surface area contributed by atoms with Crippen LogP contribution >= 0.6 is 11.3 Å². The third-order valence-electron chi connectivity index (χ3n) is 3.64. The average Bonchev–Trinajstić information content (AvgIpc) is 2.86. The molecule has 4 heteroatoms. The first-order chi connectivity index (χ1) is 8.85. The maximum atomic E-state index is 5.98. The van der Waals surface area contributed by atoms with Gasteiger partial charge in [-0.2, -0.15) is 0 Å². The molecule has 1 aromatic rings. The summed E-state index contributed by atoms with van der Waals surface area (Å²) in [7, 11) is 0. The normalized spacial score (nSPS) is 19.0. The van der Waals surface area contributed by atoms with E-state index in [1.807, 2.05) is 0 Å². The molecule has 0 radical (unpaired) electrons. The van der Waals surface area contributed by atoms with E-state index in [9.17, 15) is 0 Å². The van der Waals surface area contributed by atoms with Gasteiger partial charge in [0.25, 0.3) is 0 Å². The molecule has 0 aromatic carbocycles. The highest BCUT2D eigenvalue weighted by molar-refractivity contribution is 7.09. The Hall–Kier alpha value is -0.450. The Morgan fingerprint density at radius 3 is 2.89 bits per heavy atom. The van der Waals surface area contributed by atoms with Gasteiger partial charge < -0.3 is 10.5 Å². The molecule has 3 nitrogen and oxygen atoms in total. The zero-order valence-corrected chi connectivity index (χ0v) is 12.0. The quantitative estimate of drug-likeness (QED) is 0.861. The van der Waals surface area contributed by atoms with Crippen molar-refractivity contribution in [2.45, 2.75) is 51.6 Å². The van der Waals surface area contributed by atoms with Crippen LogP contribution in [0.4, 0.5) is 0 Å². The molecular weight excluding hydrogens is 244 g/mol. The number of hydrogen-bond donors (Lipinski definition) is 1. The van der Waals surface area contributed by atoms with E-state index in [0.717, 1.165) is 23.7 Å². The van der Waals surface area contributed by atoms with Gasteiger partial charge >= 0.3 is 0 Å². The molecule has 1 aliphatic rings. The van der Waals surface area contributed by atoms with Gasteiger partial charge in [0.1, 0.15) is 11.1 Å². The van der Waals surface area contributed by atoms with Crippen LogP contribution in [0.3, 0.4) is 0 Å². The lowest BCUT2D eigenvalue weighted by Gasteiger charge is -2.28. The zero-order chi connectivity index (χ0) is 12.8. The summed E-state index contributed by atoms with van der Waals surface area (Å²) in [6.45, 7) is 3.52. The molecule has 1 fully saturated rings. The predicted octanol–water partition coefficient (Wildman–Crippen LogP) is 3.30. The molecule has 1 aliphatic carbocycles. The summed E-state index contributed by atoms with van der Waals surface area (Å²) in [4.78, 5) is 4.71. The molecule has 102 valence electrons. The second-order valence-electron chi connectivity index (χ2n) is 4.99. The lowest BCUT2D eigenvalue weighted by molar-refractivity contribution is 0.00543. The molecule has 1 aromatic heterocycles. The van der Waals surface area contributed by atoms with E-state index in [2.05, 4.69) is 12.3 Å². The van der Waals surface area contributed by atoms with Gasteiger partial charge in [-0.05, 0) is 32.2 Å².